The van der Waals surface area contributed by atoms with Gasteiger partial charge in [-0.1, -0.05) is 43.2 Å². The van der Waals surface area contributed by atoms with Gasteiger partial charge in [-0.3, -0.25) is 0 Å². The Morgan fingerprint density at radius 2 is 1.53 bits per heavy atom. The molecule has 0 aromatic heterocycles. The van der Waals surface area contributed by atoms with Gasteiger partial charge >= 0.3 is 0 Å². The van der Waals surface area contributed by atoms with Gasteiger partial charge in [-0.2, -0.15) is 5.26 Å². The highest BCUT2D eigenvalue weighted by Crippen LogP contribution is 2.46. The number of hydrogen-bond acceptors (Lipinski definition) is 1. The molecule has 0 heterocycles. The molecule has 0 saturated heterocycles. The van der Waals surface area contributed by atoms with Gasteiger partial charge in [-0.25, -0.2) is 0 Å². The van der Waals surface area contributed by atoms with Crippen LogP contribution in [0.15, 0.2) is 18.2 Å². The summed E-state index contributed by atoms with van der Waals surface area (Å²) in [5.41, 5.74) is 4.23. The Balaban J connectivity index is 2.18. The molecule has 0 bridgehead atoms. The zero-order valence-corrected chi connectivity index (χ0v) is 12.7. The maximum atomic E-state index is 9.66. The second kappa shape index (κ2) is 5.00. The fourth-order valence-corrected chi connectivity index (χ4v) is 3.30. The second-order valence-corrected chi connectivity index (χ2v) is 7.23. The fourth-order valence-electron chi connectivity index (χ4n) is 3.30. The molecule has 0 atom stereocenters. The lowest BCUT2D eigenvalue weighted by atomic mass is 9.63. The lowest BCUT2D eigenvalue weighted by Gasteiger charge is -2.39. The zero-order chi connectivity index (χ0) is 14.1. The van der Waals surface area contributed by atoms with Gasteiger partial charge in [0.15, 0.2) is 0 Å². The quantitative estimate of drug-likeness (QED) is 0.733. The van der Waals surface area contributed by atoms with Gasteiger partial charge in [0.05, 0.1) is 11.5 Å². The molecule has 19 heavy (non-hydrogen) atoms. The Hall–Kier alpha value is -1.29. The van der Waals surface area contributed by atoms with E-state index in [4.69, 9.17) is 0 Å². The smallest absolute Gasteiger partial charge is 0.0693 e. The van der Waals surface area contributed by atoms with E-state index >= 15 is 0 Å². The van der Waals surface area contributed by atoms with Gasteiger partial charge in [-0.05, 0) is 56.9 Å². The first-order valence-electron chi connectivity index (χ1n) is 7.33. The average Bonchev–Trinajstić information content (AvgIpc) is 2.31. The highest BCUT2D eigenvalue weighted by atomic mass is 14.4. The van der Waals surface area contributed by atoms with Crippen molar-refractivity contribution < 1.29 is 0 Å². The van der Waals surface area contributed by atoms with Crippen LogP contribution in [0.25, 0.3) is 0 Å². The number of nitriles is 1. The molecule has 1 aliphatic rings. The molecule has 2 rings (SSSR count). The summed E-state index contributed by atoms with van der Waals surface area (Å²) in [5.74, 6) is 0. The van der Waals surface area contributed by atoms with Gasteiger partial charge in [0.25, 0.3) is 0 Å². The van der Waals surface area contributed by atoms with E-state index < -0.39 is 0 Å². The Bertz CT molecular complexity index is 475. The summed E-state index contributed by atoms with van der Waals surface area (Å²) in [6.07, 6.45) is 5.35. The summed E-state index contributed by atoms with van der Waals surface area (Å²) in [5, 5.41) is 9.66. The first kappa shape index (κ1) is 14.1. The van der Waals surface area contributed by atoms with Crippen LogP contribution in [0, 0.1) is 36.0 Å². The summed E-state index contributed by atoms with van der Waals surface area (Å²) in [6.45, 7) is 8.93. The number of hydrogen-bond donors (Lipinski definition) is 0. The minimum absolute atomic E-state index is 0.129. The van der Waals surface area contributed by atoms with Crippen LogP contribution in [0.2, 0.25) is 0 Å². The van der Waals surface area contributed by atoms with Crippen LogP contribution in [-0.4, -0.2) is 0 Å². The summed E-state index contributed by atoms with van der Waals surface area (Å²) in [7, 11) is 0. The number of aryl methyl sites for hydroxylation is 2. The molecule has 0 spiro atoms. The second-order valence-electron chi connectivity index (χ2n) is 7.23. The van der Waals surface area contributed by atoms with E-state index in [1.807, 2.05) is 0 Å². The molecule has 0 N–H and O–H groups in total. The normalized spacial score (nSPS) is 20.8. The molecule has 0 aliphatic heterocycles. The van der Waals surface area contributed by atoms with E-state index in [0.717, 1.165) is 19.3 Å². The Kier molecular flexibility index (Phi) is 3.72. The molecule has 0 amide bonds. The molecule has 102 valence electrons. The topological polar surface area (TPSA) is 23.8 Å². The molecule has 1 aromatic rings. The summed E-state index contributed by atoms with van der Waals surface area (Å²) in [4.78, 5) is 0. The van der Waals surface area contributed by atoms with E-state index in [9.17, 15) is 5.26 Å². The van der Waals surface area contributed by atoms with Gasteiger partial charge < -0.3 is 0 Å². The van der Waals surface area contributed by atoms with Crippen molar-refractivity contribution in [3.63, 3.8) is 0 Å². The van der Waals surface area contributed by atoms with Gasteiger partial charge in [0.2, 0.25) is 0 Å². The zero-order valence-electron chi connectivity index (χ0n) is 12.7. The Labute approximate surface area is 117 Å². The molecule has 0 radical (unpaired) electrons. The monoisotopic (exact) mass is 255 g/mol. The van der Waals surface area contributed by atoms with Crippen molar-refractivity contribution in [3.05, 3.63) is 34.9 Å². The van der Waals surface area contributed by atoms with Crippen molar-refractivity contribution in [3.8, 4) is 6.07 Å². The van der Waals surface area contributed by atoms with Crippen LogP contribution < -0.4 is 0 Å². The van der Waals surface area contributed by atoms with Gasteiger partial charge in [0.1, 0.15) is 0 Å². The van der Waals surface area contributed by atoms with E-state index in [1.54, 1.807) is 0 Å². The van der Waals surface area contributed by atoms with Crippen LogP contribution in [0.4, 0.5) is 0 Å². The third-order valence-corrected chi connectivity index (χ3v) is 4.62. The van der Waals surface area contributed by atoms with Crippen LogP contribution in [0.1, 0.15) is 56.2 Å². The molecule has 1 fully saturated rings. The van der Waals surface area contributed by atoms with E-state index in [1.165, 1.54) is 29.5 Å². The SMILES string of the molecule is Cc1cc(C)cc(CC2(C#N)CCC(C)(C)CC2)c1. The molecule has 1 heteroatoms. The molecule has 1 aromatic carbocycles. The number of rotatable bonds is 2. The lowest BCUT2D eigenvalue weighted by Crippen LogP contribution is -2.31. The molecular formula is C18H25N. The highest BCUT2D eigenvalue weighted by molar-refractivity contribution is 5.30. The fraction of sp³-hybridized carbons (Fsp3) is 0.611. The van der Waals surface area contributed by atoms with Crippen molar-refractivity contribution in [2.24, 2.45) is 10.8 Å². The molecular weight excluding hydrogens is 230 g/mol. The van der Waals surface area contributed by atoms with Crippen molar-refractivity contribution in [2.75, 3.05) is 0 Å². The average molecular weight is 255 g/mol. The highest BCUT2D eigenvalue weighted by Gasteiger charge is 2.38. The first-order chi connectivity index (χ1) is 8.84. The van der Waals surface area contributed by atoms with Crippen LogP contribution in [0.5, 0.6) is 0 Å². The first-order valence-corrected chi connectivity index (χ1v) is 7.33. The Morgan fingerprint density at radius 1 is 1.00 bits per heavy atom. The van der Waals surface area contributed by atoms with E-state index in [0.29, 0.717) is 5.41 Å². The third kappa shape index (κ3) is 3.38. The summed E-state index contributed by atoms with van der Waals surface area (Å²) in [6, 6.07) is 9.33. The van der Waals surface area contributed by atoms with Crippen molar-refractivity contribution in [1.82, 2.24) is 0 Å². The minimum atomic E-state index is -0.129. The minimum Gasteiger partial charge on any atom is -0.198 e. The standard InChI is InChI=1S/C18H25N/c1-14-9-15(2)11-16(10-14)12-18(13-19)7-5-17(3,4)6-8-18/h9-11H,5-8,12H2,1-4H3. The summed E-state index contributed by atoms with van der Waals surface area (Å²) >= 11 is 0. The molecule has 1 nitrogen and oxygen atoms in total. The predicted octanol–water partition coefficient (Wildman–Crippen LogP) is 4.96. The van der Waals surface area contributed by atoms with Crippen molar-refractivity contribution in [1.29, 1.82) is 5.26 Å². The Morgan fingerprint density at radius 3 is 2.00 bits per heavy atom. The maximum Gasteiger partial charge on any atom is 0.0693 e. The van der Waals surface area contributed by atoms with Crippen LogP contribution >= 0.6 is 0 Å². The van der Waals surface area contributed by atoms with E-state index in [-0.39, 0.29) is 5.41 Å². The predicted molar refractivity (Wildman–Crippen MR) is 79.9 cm³/mol. The number of nitrogens with zero attached hydrogens (tertiary/aromatic N) is 1. The number of benzene rings is 1. The van der Waals surface area contributed by atoms with Crippen molar-refractivity contribution >= 4 is 0 Å². The lowest BCUT2D eigenvalue weighted by molar-refractivity contribution is 0.146. The van der Waals surface area contributed by atoms with Crippen LogP contribution in [-0.2, 0) is 6.42 Å². The third-order valence-electron chi connectivity index (χ3n) is 4.62. The van der Waals surface area contributed by atoms with E-state index in [2.05, 4.69) is 52.0 Å². The van der Waals surface area contributed by atoms with Gasteiger partial charge in [-0.15, -0.1) is 0 Å². The maximum absolute atomic E-state index is 9.66. The molecule has 1 aliphatic carbocycles. The van der Waals surface area contributed by atoms with Crippen molar-refractivity contribution in [2.45, 2.75) is 59.8 Å². The largest absolute Gasteiger partial charge is 0.198 e. The summed E-state index contributed by atoms with van der Waals surface area (Å²) < 4.78 is 0. The van der Waals surface area contributed by atoms with Crippen LogP contribution in [0.3, 0.4) is 0 Å². The molecule has 1 saturated carbocycles. The molecule has 0 unspecified atom stereocenters. The van der Waals surface area contributed by atoms with Gasteiger partial charge in [0, 0.05) is 0 Å².